The molecule has 2 aliphatic rings. The van der Waals surface area contributed by atoms with Crippen LogP contribution in [0.5, 0.6) is 0 Å². The lowest BCUT2D eigenvalue weighted by molar-refractivity contribution is 0.0904. The fourth-order valence-electron chi connectivity index (χ4n) is 3.32. The second-order valence-electron chi connectivity index (χ2n) is 5.62. The summed E-state index contributed by atoms with van der Waals surface area (Å²) in [6, 6.07) is 2.18. The first-order chi connectivity index (χ1) is 9.65. The van der Waals surface area contributed by atoms with Crippen molar-refractivity contribution in [1.82, 2.24) is 10.2 Å². The number of furan rings is 1. The van der Waals surface area contributed by atoms with Gasteiger partial charge in [0, 0.05) is 25.2 Å². The molecule has 2 fully saturated rings. The molecule has 1 unspecified atom stereocenters. The Balaban J connectivity index is 1.64. The summed E-state index contributed by atoms with van der Waals surface area (Å²) in [6.07, 6.45) is 5.33. The summed E-state index contributed by atoms with van der Waals surface area (Å²) in [6.45, 7) is 1.65. The molecule has 1 aromatic heterocycles. The molecule has 2 N–H and O–H groups in total. The number of halogens is 1. The molecule has 0 spiro atoms. The second kappa shape index (κ2) is 5.87. The van der Waals surface area contributed by atoms with Crippen LogP contribution in [0.15, 0.2) is 21.4 Å². The van der Waals surface area contributed by atoms with Crippen molar-refractivity contribution in [2.24, 2.45) is 0 Å². The Labute approximate surface area is 126 Å². The van der Waals surface area contributed by atoms with E-state index in [9.17, 15) is 9.90 Å². The molecule has 3 rings (SSSR count). The lowest BCUT2D eigenvalue weighted by Crippen LogP contribution is -2.48. The van der Waals surface area contributed by atoms with E-state index < -0.39 is 0 Å². The highest BCUT2D eigenvalue weighted by Gasteiger charge is 2.36. The van der Waals surface area contributed by atoms with Gasteiger partial charge in [-0.15, -0.1) is 0 Å². The largest absolute Gasteiger partial charge is 0.457 e. The van der Waals surface area contributed by atoms with E-state index in [1.807, 2.05) is 0 Å². The molecule has 1 aliphatic carbocycles. The van der Waals surface area contributed by atoms with Gasteiger partial charge < -0.3 is 14.8 Å². The number of β-amino-alcohol motifs (C(OH)–C–C–N with tert-alkyl or cyclic N) is 1. The highest BCUT2D eigenvalue weighted by Crippen LogP contribution is 2.28. The van der Waals surface area contributed by atoms with Gasteiger partial charge in [0.05, 0.1) is 17.9 Å². The molecule has 20 heavy (non-hydrogen) atoms. The van der Waals surface area contributed by atoms with Crippen LogP contribution in [0.1, 0.15) is 36.0 Å². The molecule has 5 nitrogen and oxygen atoms in total. The van der Waals surface area contributed by atoms with Crippen molar-refractivity contribution in [3.63, 3.8) is 0 Å². The van der Waals surface area contributed by atoms with E-state index >= 15 is 0 Å². The predicted octanol–water partition coefficient (Wildman–Crippen LogP) is 1.76. The van der Waals surface area contributed by atoms with E-state index in [1.165, 1.54) is 6.26 Å². The number of nitrogens with zero attached hydrogens (tertiary/aromatic N) is 1. The van der Waals surface area contributed by atoms with E-state index in [-0.39, 0.29) is 18.1 Å². The number of likely N-dealkylation sites (tertiary alicyclic amines) is 1. The average molecular weight is 343 g/mol. The predicted molar refractivity (Wildman–Crippen MR) is 77.5 cm³/mol. The van der Waals surface area contributed by atoms with Gasteiger partial charge in [-0.05, 0) is 47.7 Å². The van der Waals surface area contributed by atoms with Crippen LogP contribution in [-0.2, 0) is 0 Å². The number of rotatable bonds is 3. The van der Waals surface area contributed by atoms with Gasteiger partial charge in [0.1, 0.15) is 0 Å². The molecule has 1 saturated carbocycles. The van der Waals surface area contributed by atoms with Crippen LogP contribution in [0.25, 0.3) is 0 Å². The third-order valence-corrected chi connectivity index (χ3v) is 4.94. The lowest BCUT2D eigenvalue weighted by Gasteiger charge is -2.29. The van der Waals surface area contributed by atoms with Gasteiger partial charge in [0.2, 0.25) is 0 Å². The molecule has 1 saturated heterocycles. The van der Waals surface area contributed by atoms with Gasteiger partial charge in [-0.25, -0.2) is 0 Å². The number of nitrogens with one attached hydrogen (secondary N) is 1. The molecular weight excluding hydrogens is 324 g/mol. The minimum Gasteiger partial charge on any atom is -0.457 e. The van der Waals surface area contributed by atoms with Gasteiger partial charge in [0.15, 0.2) is 4.67 Å². The van der Waals surface area contributed by atoms with Crippen LogP contribution < -0.4 is 5.32 Å². The van der Waals surface area contributed by atoms with Crippen molar-refractivity contribution >= 4 is 21.8 Å². The zero-order valence-electron chi connectivity index (χ0n) is 11.2. The molecule has 1 amide bonds. The SMILES string of the molecule is O=C(N[C@@H]1CCC[C@@H]1N1CCC(O)C1)c1ccoc1Br. The van der Waals surface area contributed by atoms with Crippen molar-refractivity contribution in [2.75, 3.05) is 13.1 Å². The topological polar surface area (TPSA) is 65.7 Å². The Morgan fingerprint density at radius 2 is 2.30 bits per heavy atom. The van der Waals surface area contributed by atoms with E-state index in [4.69, 9.17) is 4.42 Å². The van der Waals surface area contributed by atoms with Crippen molar-refractivity contribution in [1.29, 1.82) is 0 Å². The van der Waals surface area contributed by atoms with Crippen LogP contribution in [-0.4, -0.2) is 47.2 Å². The summed E-state index contributed by atoms with van der Waals surface area (Å²) < 4.78 is 5.58. The standard InChI is InChI=1S/C14H19BrN2O3/c15-13-10(5-7-20-13)14(19)16-11-2-1-3-12(11)17-6-4-9(18)8-17/h5,7,9,11-12,18H,1-4,6,8H2,(H,16,19)/t9?,11-,12+/m1/s1. The third kappa shape index (κ3) is 2.77. The molecule has 0 aromatic carbocycles. The van der Waals surface area contributed by atoms with Gasteiger partial charge in [-0.2, -0.15) is 0 Å². The normalized spacial score (nSPS) is 30.8. The summed E-state index contributed by atoms with van der Waals surface area (Å²) in [5.41, 5.74) is 0.539. The Bertz CT molecular complexity index is 491. The number of aliphatic hydroxyl groups is 1. The summed E-state index contributed by atoms with van der Waals surface area (Å²) >= 11 is 3.23. The van der Waals surface area contributed by atoms with Crippen LogP contribution in [0.2, 0.25) is 0 Å². The van der Waals surface area contributed by atoms with Crippen LogP contribution in [0.3, 0.4) is 0 Å². The van der Waals surface area contributed by atoms with Crippen molar-refractivity contribution < 1.29 is 14.3 Å². The molecule has 1 aromatic rings. The average Bonchev–Trinajstić information content (AvgIpc) is 3.10. The zero-order chi connectivity index (χ0) is 14.1. The molecule has 0 bridgehead atoms. The Morgan fingerprint density at radius 1 is 1.45 bits per heavy atom. The minimum absolute atomic E-state index is 0.0951. The van der Waals surface area contributed by atoms with Crippen molar-refractivity contribution in [2.45, 2.75) is 43.9 Å². The second-order valence-corrected chi connectivity index (χ2v) is 6.34. The number of carbonyl (C=O) groups excluding carboxylic acids is 1. The van der Waals surface area contributed by atoms with Crippen LogP contribution >= 0.6 is 15.9 Å². The smallest absolute Gasteiger partial charge is 0.256 e. The van der Waals surface area contributed by atoms with Crippen molar-refractivity contribution in [3.05, 3.63) is 22.6 Å². The molecule has 2 heterocycles. The first kappa shape index (κ1) is 14.1. The minimum atomic E-state index is -0.213. The van der Waals surface area contributed by atoms with Gasteiger partial charge >= 0.3 is 0 Å². The monoisotopic (exact) mass is 342 g/mol. The molecule has 0 radical (unpaired) electrons. The Hall–Kier alpha value is -0.850. The lowest BCUT2D eigenvalue weighted by atomic mass is 10.1. The summed E-state index contributed by atoms with van der Waals surface area (Å²) in [5, 5.41) is 12.8. The van der Waals surface area contributed by atoms with Crippen LogP contribution in [0.4, 0.5) is 0 Å². The molecule has 3 atom stereocenters. The number of hydrogen-bond donors (Lipinski definition) is 2. The van der Waals surface area contributed by atoms with E-state index in [2.05, 4.69) is 26.1 Å². The number of hydrogen-bond acceptors (Lipinski definition) is 4. The fraction of sp³-hybridized carbons (Fsp3) is 0.643. The maximum absolute atomic E-state index is 12.2. The molecule has 6 heteroatoms. The highest BCUT2D eigenvalue weighted by molar-refractivity contribution is 9.10. The molecule has 110 valence electrons. The maximum Gasteiger partial charge on any atom is 0.256 e. The number of aliphatic hydroxyl groups excluding tert-OH is 1. The number of carbonyl (C=O) groups is 1. The first-order valence-electron chi connectivity index (χ1n) is 7.11. The molecular formula is C14H19BrN2O3. The maximum atomic E-state index is 12.2. The van der Waals surface area contributed by atoms with Crippen molar-refractivity contribution in [3.8, 4) is 0 Å². The fourth-order valence-corrected chi connectivity index (χ4v) is 3.74. The first-order valence-corrected chi connectivity index (χ1v) is 7.90. The Morgan fingerprint density at radius 3 is 2.95 bits per heavy atom. The molecule has 1 aliphatic heterocycles. The van der Waals surface area contributed by atoms with E-state index in [1.54, 1.807) is 6.07 Å². The highest BCUT2D eigenvalue weighted by atomic mass is 79.9. The van der Waals surface area contributed by atoms with E-state index in [0.29, 0.717) is 16.3 Å². The number of amides is 1. The van der Waals surface area contributed by atoms with Gasteiger partial charge in [-0.3, -0.25) is 9.69 Å². The summed E-state index contributed by atoms with van der Waals surface area (Å²) in [5.74, 6) is -0.0951. The Kier molecular flexibility index (Phi) is 4.14. The zero-order valence-corrected chi connectivity index (χ0v) is 12.8. The summed E-state index contributed by atoms with van der Waals surface area (Å²) in [4.78, 5) is 14.6. The summed E-state index contributed by atoms with van der Waals surface area (Å²) in [7, 11) is 0. The van der Waals surface area contributed by atoms with Crippen LogP contribution in [0, 0.1) is 0 Å². The van der Waals surface area contributed by atoms with Gasteiger partial charge in [0.25, 0.3) is 5.91 Å². The quantitative estimate of drug-likeness (QED) is 0.878. The van der Waals surface area contributed by atoms with Gasteiger partial charge in [-0.1, -0.05) is 0 Å². The van der Waals surface area contributed by atoms with E-state index in [0.717, 1.165) is 38.8 Å². The third-order valence-electron chi connectivity index (χ3n) is 4.32.